The van der Waals surface area contributed by atoms with Crippen LogP contribution in [0.5, 0.6) is 5.75 Å². The lowest BCUT2D eigenvalue weighted by molar-refractivity contribution is 0.365. The minimum Gasteiger partial charge on any atom is -0.481 e. The number of sulfone groups is 1. The molecule has 0 bridgehead atoms. The van der Waals surface area contributed by atoms with Crippen LogP contribution in [0.15, 0.2) is 24.3 Å². The van der Waals surface area contributed by atoms with Crippen molar-refractivity contribution in [1.29, 1.82) is 0 Å². The Morgan fingerprint density at radius 3 is 2.79 bits per heavy atom. The number of hydrogen-bond donors (Lipinski definition) is 1. The fourth-order valence-electron chi connectivity index (χ4n) is 1.59. The summed E-state index contributed by atoms with van der Waals surface area (Å²) in [5.74, 6) is 3.39. The molecule has 0 aliphatic rings. The Balaban J connectivity index is 2.38. The highest BCUT2D eigenvalue weighted by Gasteiger charge is 2.03. The maximum absolute atomic E-state index is 11.0. The summed E-state index contributed by atoms with van der Waals surface area (Å²) in [4.78, 5) is 0. The average molecular weight is 281 g/mol. The van der Waals surface area contributed by atoms with E-state index < -0.39 is 9.84 Å². The second kappa shape index (κ2) is 7.82. The summed E-state index contributed by atoms with van der Waals surface area (Å²) in [7, 11) is -2.88. The number of ether oxygens (including phenoxy) is 1. The van der Waals surface area contributed by atoms with E-state index in [1.165, 1.54) is 6.26 Å². The molecule has 0 aromatic heterocycles. The number of rotatable bonds is 8. The quantitative estimate of drug-likeness (QED) is 0.575. The Bertz CT molecular complexity index is 532. The van der Waals surface area contributed by atoms with Gasteiger partial charge in [-0.15, -0.1) is 6.42 Å². The highest BCUT2D eigenvalue weighted by Crippen LogP contribution is 2.17. The SMILES string of the molecule is C#CCOc1ccccc1CNCCCS(C)(=O)=O. The minimum absolute atomic E-state index is 0.204. The molecule has 0 atom stereocenters. The van der Waals surface area contributed by atoms with E-state index in [9.17, 15) is 8.42 Å². The minimum atomic E-state index is -2.88. The number of para-hydroxylation sites is 1. The van der Waals surface area contributed by atoms with Gasteiger partial charge in [0.2, 0.25) is 0 Å². The van der Waals surface area contributed by atoms with Crippen molar-refractivity contribution in [2.45, 2.75) is 13.0 Å². The number of terminal acetylenes is 1. The molecule has 104 valence electrons. The predicted molar refractivity (Wildman–Crippen MR) is 76.8 cm³/mol. The van der Waals surface area contributed by atoms with E-state index in [2.05, 4.69) is 11.2 Å². The van der Waals surface area contributed by atoms with Crippen LogP contribution in [0.2, 0.25) is 0 Å². The molecule has 0 aliphatic carbocycles. The van der Waals surface area contributed by atoms with Gasteiger partial charge in [0.25, 0.3) is 0 Å². The molecule has 0 radical (unpaired) electrons. The van der Waals surface area contributed by atoms with E-state index in [0.717, 1.165) is 11.3 Å². The zero-order chi connectivity index (χ0) is 14.1. The summed E-state index contributed by atoms with van der Waals surface area (Å²) >= 11 is 0. The topological polar surface area (TPSA) is 55.4 Å². The van der Waals surface area contributed by atoms with Gasteiger partial charge < -0.3 is 10.1 Å². The van der Waals surface area contributed by atoms with Crippen LogP contribution in [0.1, 0.15) is 12.0 Å². The summed E-state index contributed by atoms with van der Waals surface area (Å²) in [5.41, 5.74) is 1.01. The summed E-state index contributed by atoms with van der Waals surface area (Å²) in [6.45, 7) is 1.52. The van der Waals surface area contributed by atoms with Gasteiger partial charge in [-0.2, -0.15) is 0 Å². The Morgan fingerprint density at radius 1 is 1.37 bits per heavy atom. The van der Waals surface area contributed by atoms with Gasteiger partial charge in [-0.3, -0.25) is 0 Å². The second-order valence-corrected chi connectivity index (χ2v) is 6.52. The Hall–Kier alpha value is -1.51. The third-order valence-electron chi connectivity index (χ3n) is 2.47. The lowest BCUT2D eigenvalue weighted by Crippen LogP contribution is -2.18. The van der Waals surface area contributed by atoms with E-state index >= 15 is 0 Å². The van der Waals surface area contributed by atoms with Gasteiger partial charge in [-0.25, -0.2) is 8.42 Å². The van der Waals surface area contributed by atoms with Crippen LogP contribution in [0.25, 0.3) is 0 Å². The van der Waals surface area contributed by atoms with Gasteiger partial charge in [0.15, 0.2) is 0 Å². The molecule has 0 spiro atoms. The molecule has 1 aromatic carbocycles. The van der Waals surface area contributed by atoms with E-state index in [1.807, 2.05) is 24.3 Å². The van der Waals surface area contributed by atoms with Crippen molar-refractivity contribution < 1.29 is 13.2 Å². The molecule has 0 saturated carbocycles. The van der Waals surface area contributed by atoms with Crippen molar-refractivity contribution in [3.63, 3.8) is 0 Å². The van der Waals surface area contributed by atoms with Crippen molar-refractivity contribution in [2.75, 3.05) is 25.2 Å². The highest BCUT2D eigenvalue weighted by atomic mass is 32.2. The molecule has 0 aliphatic heterocycles. The average Bonchev–Trinajstić information content (AvgIpc) is 2.36. The van der Waals surface area contributed by atoms with Gasteiger partial charge in [-0.05, 0) is 19.0 Å². The standard InChI is InChI=1S/C14H19NO3S/c1-3-10-18-14-8-5-4-7-13(14)12-15-9-6-11-19(2,16)17/h1,4-5,7-8,15H,6,9-12H2,2H3. The third kappa shape index (κ3) is 6.85. The van der Waals surface area contributed by atoms with Gasteiger partial charge in [-0.1, -0.05) is 24.1 Å². The Labute approximate surface area is 115 Å². The molecule has 1 aromatic rings. The van der Waals surface area contributed by atoms with Crippen LogP contribution in [-0.2, 0) is 16.4 Å². The monoisotopic (exact) mass is 281 g/mol. The van der Waals surface area contributed by atoms with E-state index in [1.54, 1.807) is 0 Å². The molecule has 19 heavy (non-hydrogen) atoms. The van der Waals surface area contributed by atoms with Gasteiger partial charge in [0, 0.05) is 18.4 Å². The Kier molecular flexibility index (Phi) is 6.40. The normalized spacial score (nSPS) is 10.9. The van der Waals surface area contributed by atoms with Crippen LogP contribution >= 0.6 is 0 Å². The maximum Gasteiger partial charge on any atom is 0.148 e. The van der Waals surface area contributed by atoms with Crippen LogP contribution in [0, 0.1) is 12.3 Å². The van der Waals surface area contributed by atoms with Gasteiger partial charge >= 0.3 is 0 Å². The third-order valence-corrected chi connectivity index (χ3v) is 3.50. The number of benzene rings is 1. The van der Waals surface area contributed by atoms with E-state index in [-0.39, 0.29) is 12.4 Å². The molecule has 0 saturated heterocycles. The van der Waals surface area contributed by atoms with Crippen molar-refractivity contribution in [1.82, 2.24) is 5.32 Å². The molecule has 0 amide bonds. The molecule has 1 N–H and O–H groups in total. The lowest BCUT2D eigenvalue weighted by atomic mass is 10.2. The van der Waals surface area contributed by atoms with Gasteiger partial charge in [0.1, 0.15) is 22.2 Å². The lowest BCUT2D eigenvalue weighted by Gasteiger charge is -2.10. The molecule has 0 heterocycles. The first-order valence-corrected chi connectivity index (χ1v) is 8.11. The van der Waals surface area contributed by atoms with Crippen molar-refractivity contribution >= 4 is 9.84 Å². The number of nitrogens with one attached hydrogen (secondary N) is 1. The summed E-state index contributed by atoms with van der Waals surface area (Å²) in [6, 6.07) is 7.63. The zero-order valence-electron chi connectivity index (χ0n) is 11.1. The molecule has 1 rings (SSSR count). The zero-order valence-corrected chi connectivity index (χ0v) is 11.9. The summed E-state index contributed by atoms with van der Waals surface area (Å²) < 4.78 is 27.4. The summed E-state index contributed by atoms with van der Waals surface area (Å²) in [5, 5.41) is 3.19. The molecule has 5 heteroatoms. The first kappa shape index (κ1) is 15.5. The number of hydrogen-bond acceptors (Lipinski definition) is 4. The first-order chi connectivity index (χ1) is 9.03. The first-order valence-electron chi connectivity index (χ1n) is 6.05. The molecule has 0 unspecified atom stereocenters. The second-order valence-electron chi connectivity index (χ2n) is 4.26. The predicted octanol–water partition coefficient (Wildman–Crippen LogP) is 1.22. The van der Waals surface area contributed by atoms with E-state index in [4.69, 9.17) is 11.2 Å². The van der Waals surface area contributed by atoms with Crippen molar-refractivity contribution in [3.8, 4) is 18.1 Å². The maximum atomic E-state index is 11.0. The van der Waals surface area contributed by atoms with Crippen LogP contribution in [-0.4, -0.2) is 33.6 Å². The molecule has 4 nitrogen and oxygen atoms in total. The van der Waals surface area contributed by atoms with Crippen LogP contribution in [0.4, 0.5) is 0 Å². The van der Waals surface area contributed by atoms with Crippen molar-refractivity contribution in [3.05, 3.63) is 29.8 Å². The molecular weight excluding hydrogens is 262 g/mol. The summed E-state index contributed by atoms with van der Waals surface area (Å²) in [6.07, 6.45) is 7.01. The van der Waals surface area contributed by atoms with E-state index in [0.29, 0.717) is 19.5 Å². The fourth-order valence-corrected chi connectivity index (χ4v) is 2.26. The molecular formula is C14H19NO3S. The highest BCUT2D eigenvalue weighted by molar-refractivity contribution is 7.90. The largest absolute Gasteiger partial charge is 0.481 e. The smallest absolute Gasteiger partial charge is 0.148 e. The van der Waals surface area contributed by atoms with Crippen LogP contribution in [0.3, 0.4) is 0 Å². The molecule has 0 fully saturated rings. The van der Waals surface area contributed by atoms with Gasteiger partial charge in [0.05, 0.1) is 5.75 Å². The van der Waals surface area contributed by atoms with Crippen molar-refractivity contribution in [2.24, 2.45) is 0 Å². The van der Waals surface area contributed by atoms with Crippen LogP contribution < -0.4 is 10.1 Å². The Morgan fingerprint density at radius 2 is 2.11 bits per heavy atom. The fraction of sp³-hybridized carbons (Fsp3) is 0.429.